The second kappa shape index (κ2) is 7.25. The third kappa shape index (κ3) is 4.82. The summed E-state index contributed by atoms with van der Waals surface area (Å²) in [4.78, 5) is 11.6. The van der Waals surface area contributed by atoms with Crippen molar-refractivity contribution >= 4 is 27.3 Å². The topological polar surface area (TPSA) is 87.3 Å². The van der Waals surface area contributed by atoms with Crippen LogP contribution < -0.4 is 15.4 Å². The largest absolute Gasteiger partial charge is 0.325 e. The molecule has 0 aliphatic rings. The van der Waals surface area contributed by atoms with Gasteiger partial charge in [0, 0.05) is 5.69 Å². The first-order valence-corrected chi connectivity index (χ1v) is 8.09. The normalized spacial score (nSPS) is 11.2. The van der Waals surface area contributed by atoms with Gasteiger partial charge in [-0.15, -0.1) is 0 Å². The molecule has 0 saturated carbocycles. The zero-order chi connectivity index (χ0) is 15.2. The van der Waals surface area contributed by atoms with Crippen molar-refractivity contribution in [1.29, 1.82) is 0 Å². The second-order valence-corrected chi connectivity index (χ2v) is 6.32. The fourth-order valence-corrected chi connectivity index (χ4v) is 2.92. The van der Waals surface area contributed by atoms with Gasteiger partial charge in [-0.3, -0.25) is 9.52 Å². The summed E-state index contributed by atoms with van der Waals surface area (Å²) in [5, 5.41) is 5.49. The van der Waals surface area contributed by atoms with Crippen LogP contribution in [-0.4, -0.2) is 33.7 Å². The highest BCUT2D eigenvalue weighted by molar-refractivity contribution is 7.92. The Hall–Kier alpha value is -1.60. The molecule has 0 aromatic heterocycles. The van der Waals surface area contributed by atoms with E-state index in [0.717, 1.165) is 0 Å². The van der Waals surface area contributed by atoms with Crippen molar-refractivity contribution in [2.24, 2.45) is 0 Å². The number of hydrogen-bond donors (Lipinski definition) is 3. The molecule has 0 heterocycles. The summed E-state index contributed by atoms with van der Waals surface area (Å²) < 4.78 is 26.1. The zero-order valence-corrected chi connectivity index (χ0v) is 12.8. The predicted octanol–water partition coefficient (Wildman–Crippen LogP) is 1.30. The summed E-state index contributed by atoms with van der Waals surface area (Å²) in [5.74, 6) is -0.104. The van der Waals surface area contributed by atoms with Gasteiger partial charge in [0.05, 0.1) is 18.0 Å². The minimum atomic E-state index is -3.34. The second-order valence-electron chi connectivity index (χ2n) is 4.48. The molecule has 7 heteroatoms. The molecule has 0 unspecified atom stereocenters. The van der Waals surface area contributed by atoms with Crippen molar-refractivity contribution in [2.75, 3.05) is 29.4 Å². The van der Waals surface area contributed by atoms with E-state index in [1.165, 1.54) is 0 Å². The van der Waals surface area contributed by atoms with Gasteiger partial charge in [-0.05, 0) is 38.1 Å². The Morgan fingerprint density at radius 1 is 1.25 bits per heavy atom. The average molecular weight is 299 g/mol. The molecule has 1 aromatic rings. The number of sulfonamides is 1. The van der Waals surface area contributed by atoms with E-state index in [2.05, 4.69) is 15.4 Å². The molecule has 0 radical (unpaired) electrons. The lowest BCUT2D eigenvalue weighted by Crippen LogP contribution is -2.25. The summed E-state index contributed by atoms with van der Waals surface area (Å²) in [7, 11) is -1.66. The summed E-state index contributed by atoms with van der Waals surface area (Å²) in [6, 6.07) is 5.11. The summed E-state index contributed by atoms with van der Waals surface area (Å²) in [6.45, 7) is 3.77. The lowest BCUT2D eigenvalue weighted by atomic mass is 10.1. The first kappa shape index (κ1) is 16.5. The highest BCUT2D eigenvalue weighted by Crippen LogP contribution is 2.24. The minimum Gasteiger partial charge on any atom is -0.325 e. The molecule has 3 N–H and O–H groups in total. The average Bonchev–Trinajstić information content (AvgIpc) is 2.34. The number of likely N-dealkylation sites (N-methyl/N-ethyl adjacent to an activating group) is 1. The summed E-state index contributed by atoms with van der Waals surface area (Å²) in [5.41, 5.74) is 1.78. The number of hydrogen-bond acceptors (Lipinski definition) is 4. The van der Waals surface area contributed by atoms with Gasteiger partial charge in [-0.2, -0.15) is 0 Å². The molecule has 0 fully saturated rings. The van der Waals surface area contributed by atoms with E-state index < -0.39 is 10.0 Å². The van der Waals surface area contributed by atoms with Crippen LogP contribution in [-0.2, 0) is 14.8 Å². The number of carbonyl (C=O) groups is 1. The fourth-order valence-electron chi connectivity index (χ4n) is 1.72. The van der Waals surface area contributed by atoms with Crippen LogP contribution in [0.2, 0.25) is 0 Å². The molecule has 0 bridgehead atoms. The van der Waals surface area contributed by atoms with Gasteiger partial charge in [0.25, 0.3) is 0 Å². The molecule has 1 aromatic carbocycles. The van der Waals surface area contributed by atoms with Crippen molar-refractivity contribution in [3.63, 3.8) is 0 Å². The van der Waals surface area contributed by atoms with Crippen molar-refractivity contribution in [3.8, 4) is 0 Å². The van der Waals surface area contributed by atoms with Gasteiger partial charge in [0.1, 0.15) is 0 Å². The Labute approximate surface area is 120 Å². The number of carbonyl (C=O) groups excluding carboxylic acids is 1. The van der Waals surface area contributed by atoms with Crippen LogP contribution in [0.4, 0.5) is 11.4 Å². The third-order valence-electron chi connectivity index (χ3n) is 2.68. The van der Waals surface area contributed by atoms with Gasteiger partial charge in [0.15, 0.2) is 0 Å². The maximum atomic E-state index is 11.8. The molecular weight excluding hydrogens is 278 g/mol. The van der Waals surface area contributed by atoms with Gasteiger partial charge >= 0.3 is 0 Å². The predicted molar refractivity (Wildman–Crippen MR) is 81.4 cm³/mol. The Morgan fingerprint density at radius 2 is 1.90 bits per heavy atom. The maximum Gasteiger partial charge on any atom is 0.238 e. The molecule has 1 rings (SSSR count). The maximum absolute atomic E-state index is 11.8. The Morgan fingerprint density at radius 3 is 2.50 bits per heavy atom. The lowest BCUT2D eigenvalue weighted by Gasteiger charge is -2.14. The van der Waals surface area contributed by atoms with Crippen LogP contribution in [0.5, 0.6) is 0 Å². The fraction of sp³-hybridized carbons (Fsp3) is 0.462. The molecule has 0 aliphatic carbocycles. The van der Waals surface area contributed by atoms with E-state index in [9.17, 15) is 13.2 Å². The van der Waals surface area contributed by atoms with Crippen LogP contribution in [0.1, 0.15) is 18.9 Å². The van der Waals surface area contributed by atoms with E-state index in [0.29, 0.717) is 23.4 Å². The van der Waals surface area contributed by atoms with Gasteiger partial charge in [-0.1, -0.05) is 13.0 Å². The number of anilines is 2. The molecule has 1 amide bonds. The number of nitrogens with one attached hydrogen (secondary N) is 3. The van der Waals surface area contributed by atoms with Gasteiger partial charge in [0.2, 0.25) is 15.9 Å². The molecule has 6 nitrogen and oxygen atoms in total. The van der Waals surface area contributed by atoms with E-state index in [4.69, 9.17) is 0 Å². The third-order valence-corrected chi connectivity index (χ3v) is 4.16. The van der Waals surface area contributed by atoms with Crippen LogP contribution in [0.15, 0.2) is 18.2 Å². The van der Waals surface area contributed by atoms with Crippen LogP contribution >= 0.6 is 0 Å². The SMILES string of the molecule is CCCS(=O)(=O)Nc1cccc(NC(=O)CNC)c1C. The Balaban J connectivity index is 2.93. The molecule has 0 atom stereocenters. The zero-order valence-electron chi connectivity index (χ0n) is 12.0. The van der Waals surface area contributed by atoms with Crippen molar-refractivity contribution in [2.45, 2.75) is 20.3 Å². The van der Waals surface area contributed by atoms with Crippen LogP contribution in [0.3, 0.4) is 0 Å². The van der Waals surface area contributed by atoms with Crippen molar-refractivity contribution in [3.05, 3.63) is 23.8 Å². The quantitative estimate of drug-likeness (QED) is 0.708. The molecule has 112 valence electrons. The van der Waals surface area contributed by atoms with E-state index in [1.807, 2.05) is 0 Å². The van der Waals surface area contributed by atoms with Gasteiger partial charge < -0.3 is 10.6 Å². The highest BCUT2D eigenvalue weighted by Gasteiger charge is 2.12. The van der Waals surface area contributed by atoms with Gasteiger partial charge in [-0.25, -0.2) is 8.42 Å². The molecule has 0 aliphatic heterocycles. The van der Waals surface area contributed by atoms with E-state index in [-0.39, 0.29) is 18.2 Å². The summed E-state index contributed by atoms with van der Waals surface area (Å²) >= 11 is 0. The molecule has 20 heavy (non-hydrogen) atoms. The first-order chi connectivity index (χ1) is 9.39. The number of rotatable bonds is 7. The molecular formula is C13H21N3O3S. The number of amides is 1. The lowest BCUT2D eigenvalue weighted by molar-refractivity contribution is -0.115. The molecule has 0 spiro atoms. The highest BCUT2D eigenvalue weighted by atomic mass is 32.2. The first-order valence-electron chi connectivity index (χ1n) is 6.44. The van der Waals surface area contributed by atoms with E-state index in [1.54, 1.807) is 39.1 Å². The number of benzene rings is 1. The van der Waals surface area contributed by atoms with Crippen LogP contribution in [0, 0.1) is 6.92 Å². The standard InChI is InChI=1S/C13H21N3O3S/c1-4-8-20(18,19)16-12-7-5-6-11(10(12)2)15-13(17)9-14-3/h5-7,14,16H,4,8-9H2,1-3H3,(H,15,17). The monoisotopic (exact) mass is 299 g/mol. The van der Waals surface area contributed by atoms with Crippen LogP contribution in [0.25, 0.3) is 0 Å². The van der Waals surface area contributed by atoms with Crippen molar-refractivity contribution in [1.82, 2.24) is 5.32 Å². The Bertz CT molecular complexity index is 570. The van der Waals surface area contributed by atoms with Crippen molar-refractivity contribution < 1.29 is 13.2 Å². The molecule has 0 saturated heterocycles. The summed E-state index contributed by atoms with van der Waals surface area (Å²) in [6.07, 6.45) is 0.549. The van der Waals surface area contributed by atoms with E-state index >= 15 is 0 Å². The minimum absolute atomic E-state index is 0.0722. The smallest absolute Gasteiger partial charge is 0.238 e. The Kier molecular flexibility index (Phi) is 5.97.